The predicted molar refractivity (Wildman–Crippen MR) is 118 cm³/mol. The van der Waals surface area contributed by atoms with Crippen LogP contribution in [0.5, 0.6) is 5.75 Å². The summed E-state index contributed by atoms with van der Waals surface area (Å²) in [5.74, 6) is -0.448. The zero-order valence-electron chi connectivity index (χ0n) is 16.3. The highest BCUT2D eigenvalue weighted by molar-refractivity contribution is 9.10. The maximum atomic E-state index is 13.9. The van der Waals surface area contributed by atoms with Crippen LogP contribution in [0.25, 0.3) is 11.0 Å². The molecule has 0 aliphatic carbocycles. The molecule has 0 radical (unpaired) electrons. The minimum absolute atomic E-state index is 0.0445. The van der Waals surface area contributed by atoms with Gasteiger partial charge in [0.2, 0.25) is 5.76 Å². The van der Waals surface area contributed by atoms with Crippen molar-refractivity contribution in [1.82, 2.24) is 0 Å². The van der Waals surface area contributed by atoms with Gasteiger partial charge in [0.25, 0.3) is 5.91 Å². The molecule has 1 aliphatic rings. The summed E-state index contributed by atoms with van der Waals surface area (Å²) in [5.41, 5.74) is 1.17. The number of methoxy groups -OCH3 is 1. The molecule has 0 bridgehead atoms. The van der Waals surface area contributed by atoms with Crippen molar-refractivity contribution in [3.8, 4) is 5.75 Å². The van der Waals surface area contributed by atoms with E-state index in [9.17, 15) is 14.0 Å². The first-order valence-electron chi connectivity index (χ1n) is 9.47. The van der Waals surface area contributed by atoms with Gasteiger partial charge in [-0.2, -0.15) is 0 Å². The molecule has 0 spiro atoms. The molecule has 2 heterocycles. The minimum atomic E-state index is -0.754. The third kappa shape index (κ3) is 3.13. The van der Waals surface area contributed by atoms with Crippen LogP contribution in [0.4, 0.5) is 10.1 Å². The predicted octanol–water partition coefficient (Wildman–Crippen LogP) is 5.45. The van der Waals surface area contributed by atoms with Crippen LogP contribution in [0.2, 0.25) is 0 Å². The fraction of sp³-hybridized carbons (Fsp3) is 0.0833. The molecule has 1 aliphatic heterocycles. The maximum Gasteiger partial charge on any atom is 0.295 e. The van der Waals surface area contributed by atoms with Gasteiger partial charge in [0.15, 0.2) is 5.43 Å². The van der Waals surface area contributed by atoms with Crippen LogP contribution in [0, 0.1) is 5.82 Å². The quantitative estimate of drug-likeness (QED) is 0.391. The zero-order chi connectivity index (χ0) is 21.7. The fourth-order valence-electron chi connectivity index (χ4n) is 3.96. The molecule has 0 N–H and O–H groups in total. The molecule has 31 heavy (non-hydrogen) atoms. The minimum Gasteiger partial charge on any atom is -0.497 e. The van der Waals surface area contributed by atoms with Gasteiger partial charge in [-0.25, -0.2) is 4.39 Å². The van der Waals surface area contributed by atoms with E-state index >= 15 is 0 Å². The van der Waals surface area contributed by atoms with Crippen molar-refractivity contribution in [3.05, 3.63) is 104 Å². The summed E-state index contributed by atoms with van der Waals surface area (Å²) in [6, 6.07) is 17.3. The lowest BCUT2D eigenvalue weighted by atomic mass is 9.98. The second-order valence-corrected chi connectivity index (χ2v) is 8.06. The Balaban J connectivity index is 1.83. The Hall–Kier alpha value is -3.45. The lowest BCUT2D eigenvalue weighted by molar-refractivity contribution is 0.0971. The summed E-state index contributed by atoms with van der Waals surface area (Å²) < 4.78 is 25.8. The van der Waals surface area contributed by atoms with Crippen LogP contribution in [-0.4, -0.2) is 13.0 Å². The Morgan fingerprint density at radius 3 is 2.61 bits per heavy atom. The number of carbonyl (C=O) groups is 1. The van der Waals surface area contributed by atoms with E-state index in [1.54, 1.807) is 43.5 Å². The van der Waals surface area contributed by atoms with Crippen LogP contribution in [0.3, 0.4) is 0 Å². The van der Waals surface area contributed by atoms with Gasteiger partial charge in [0.1, 0.15) is 17.1 Å². The lowest BCUT2D eigenvalue weighted by Crippen LogP contribution is -2.29. The Morgan fingerprint density at radius 2 is 1.84 bits per heavy atom. The highest BCUT2D eigenvalue weighted by Gasteiger charge is 2.43. The molecule has 1 amide bonds. The zero-order valence-corrected chi connectivity index (χ0v) is 17.9. The van der Waals surface area contributed by atoms with Crippen molar-refractivity contribution < 1.29 is 18.3 Å². The second kappa shape index (κ2) is 7.35. The van der Waals surface area contributed by atoms with E-state index in [0.29, 0.717) is 17.0 Å². The van der Waals surface area contributed by atoms with Crippen LogP contribution >= 0.6 is 15.9 Å². The molecule has 0 saturated heterocycles. The van der Waals surface area contributed by atoms with Crippen molar-refractivity contribution in [2.24, 2.45) is 0 Å². The van der Waals surface area contributed by atoms with Crippen molar-refractivity contribution in [1.29, 1.82) is 0 Å². The van der Waals surface area contributed by atoms with E-state index < -0.39 is 23.2 Å². The number of ether oxygens (including phenoxy) is 1. The van der Waals surface area contributed by atoms with Crippen LogP contribution in [-0.2, 0) is 0 Å². The molecule has 0 fully saturated rings. The molecule has 1 aromatic heterocycles. The molecule has 5 rings (SSSR count). The first kappa shape index (κ1) is 19.5. The van der Waals surface area contributed by atoms with Gasteiger partial charge in [-0.3, -0.25) is 14.5 Å². The summed E-state index contributed by atoms with van der Waals surface area (Å²) in [6.07, 6.45) is 0. The van der Waals surface area contributed by atoms with Crippen molar-refractivity contribution in [3.63, 3.8) is 0 Å². The number of carbonyl (C=O) groups excluding carboxylic acids is 1. The van der Waals surface area contributed by atoms with E-state index in [1.165, 1.54) is 17.0 Å². The summed E-state index contributed by atoms with van der Waals surface area (Å²) in [5, 5.41) is 0.0931. The van der Waals surface area contributed by atoms with E-state index in [2.05, 4.69) is 15.9 Å². The molecular formula is C24H15BrFNO4. The van der Waals surface area contributed by atoms with Gasteiger partial charge in [0, 0.05) is 10.2 Å². The fourth-order valence-corrected chi connectivity index (χ4v) is 4.35. The molecule has 4 aromatic rings. The SMILES string of the molecule is COc1cccc(C2c3c(oc4ccc(F)cc4c3=O)C(=O)N2c2cccc(Br)c2)c1. The normalized spacial score (nSPS) is 15.4. The van der Waals surface area contributed by atoms with Gasteiger partial charge in [-0.1, -0.05) is 34.1 Å². The first-order chi connectivity index (χ1) is 15.0. The largest absolute Gasteiger partial charge is 0.497 e. The molecule has 7 heteroatoms. The first-order valence-corrected chi connectivity index (χ1v) is 10.3. The average molecular weight is 480 g/mol. The van der Waals surface area contributed by atoms with Crippen molar-refractivity contribution >= 4 is 38.5 Å². The Kier molecular flexibility index (Phi) is 4.63. The summed E-state index contributed by atoms with van der Waals surface area (Å²) >= 11 is 3.44. The summed E-state index contributed by atoms with van der Waals surface area (Å²) in [7, 11) is 1.55. The van der Waals surface area contributed by atoms with Gasteiger partial charge >= 0.3 is 0 Å². The average Bonchev–Trinajstić information content (AvgIpc) is 3.07. The molecule has 1 unspecified atom stereocenters. The van der Waals surface area contributed by atoms with E-state index in [0.717, 1.165) is 10.5 Å². The van der Waals surface area contributed by atoms with Crippen molar-refractivity contribution in [2.75, 3.05) is 12.0 Å². The third-order valence-corrected chi connectivity index (χ3v) is 5.82. The number of amides is 1. The highest BCUT2D eigenvalue weighted by Crippen LogP contribution is 2.42. The number of benzene rings is 3. The number of hydrogen-bond donors (Lipinski definition) is 0. The highest BCUT2D eigenvalue weighted by atomic mass is 79.9. The number of halogens is 2. The van der Waals surface area contributed by atoms with E-state index in [4.69, 9.17) is 9.15 Å². The molecule has 3 aromatic carbocycles. The van der Waals surface area contributed by atoms with E-state index in [-0.39, 0.29) is 22.3 Å². The summed E-state index contributed by atoms with van der Waals surface area (Å²) in [4.78, 5) is 28.5. The molecule has 5 nitrogen and oxygen atoms in total. The van der Waals surface area contributed by atoms with Gasteiger partial charge in [-0.15, -0.1) is 0 Å². The van der Waals surface area contributed by atoms with Crippen LogP contribution in [0.15, 0.2) is 80.4 Å². The third-order valence-electron chi connectivity index (χ3n) is 5.33. The van der Waals surface area contributed by atoms with Crippen LogP contribution < -0.4 is 15.1 Å². The Bertz CT molecular complexity index is 1410. The van der Waals surface area contributed by atoms with Gasteiger partial charge in [-0.05, 0) is 54.1 Å². The number of rotatable bonds is 3. The van der Waals surface area contributed by atoms with Gasteiger partial charge in [0.05, 0.1) is 24.1 Å². The Morgan fingerprint density at radius 1 is 1.03 bits per heavy atom. The topological polar surface area (TPSA) is 59.8 Å². The number of anilines is 1. The lowest BCUT2D eigenvalue weighted by Gasteiger charge is -2.25. The van der Waals surface area contributed by atoms with Crippen LogP contribution in [0.1, 0.15) is 27.7 Å². The monoisotopic (exact) mass is 479 g/mol. The smallest absolute Gasteiger partial charge is 0.295 e. The number of fused-ring (bicyclic) bond motifs is 2. The second-order valence-electron chi connectivity index (χ2n) is 7.15. The molecule has 1 atom stereocenters. The van der Waals surface area contributed by atoms with Gasteiger partial charge < -0.3 is 9.15 Å². The van der Waals surface area contributed by atoms with E-state index in [1.807, 2.05) is 12.1 Å². The Labute approximate surface area is 184 Å². The molecular weight excluding hydrogens is 465 g/mol. The number of nitrogens with zero attached hydrogens (tertiary/aromatic N) is 1. The maximum absolute atomic E-state index is 13.9. The summed E-state index contributed by atoms with van der Waals surface area (Å²) in [6.45, 7) is 0. The number of hydrogen-bond acceptors (Lipinski definition) is 4. The standard InChI is InChI=1S/C24H15BrFNO4/c1-30-17-7-2-4-13(10-17)21-20-22(28)18-12-15(26)8-9-19(18)31-23(20)24(29)27(21)16-6-3-5-14(25)11-16/h2-12,21H,1H3. The molecule has 154 valence electrons. The van der Waals surface area contributed by atoms with Crippen molar-refractivity contribution in [2.45, 2.75) is 6.04 Å². The molecule has 0 saturated carbocycles.